The second kappa shape index (κ2) is 4.92. The fourth-order valence-electron chi connectivity index (χ4n) is 2.26. The number of hydrogen-bond acceptors (Lipinski definition) is 6. The van der Waals surface area contributed by atoms with Gasteiger partial charge in [0.2, 0.25) is 0 Å². The predicted molar refractivity (Wildman–Crippen MR) is 72.1 cm³/mol. The highest BCUT2D eigenvalue weighted by molar-refractivity contribution is 8.00. The van der Waals surface area contributed by atoms with Crippen molar-refractivity contribution in [1.29, 1.82) is 0 Å². The molecule has 0 spiro atoms. The first-order valence-corrected chi connectivity index (χ1v) is 7.05. The topological polar surface area (TPSA) is 91.4 Å². The van der Waals surface area contributed by atoms with Gasteiger partial charge in [-0.25, -0.2) is 9.97 Å². The summed E-state index contributed by atoms with van der Waals surface area (Å²) < 4.78 is 1.75. The Labute approximate surface area is 118 Å². The molecule has 0 aliphatic carbocycles. The number of rotatable bonds is 2. The van der Waals surface area contributed by atoms with E-state index in [9.17, 15) is 15.3 Å². The Morgan fingerprint density at radius 1 is 1.32 bits per heavy atom. The molecular formula is C11H12ClN3O3S. The molecule has 0 bridgehead atoms. The van der Waals surface area contributed by atoms with E-state index >= 15 is 0 Å². The summed E-state index contributed by atoms with van der Waals surface area (Å²) in [4.78, 5) is 8.05. The smallest absolute Gasteiger partial charge is 0.145 e. The van der Waals surface area contributed by atoms with E-state index in [1.165, 1.54) is 18.1 Å². The van der Waals surface area contributed by atoms with E-state index in [1.807, 2.05) is 0 Å². The Morgan fingerprint density at radius 2 is 2.11 bits per heavy atom. The molecule has 4 atom stereocenters. The highest BCUT2D eigenvalue weighted by Gasteiger charge is 2.43. The summed E-state index contributed by atoms with van der Waals surface area (Å²) in [5, 5.41) is 29.3. The van der Waals surface area contributed by atoms with Crippen LogP contribution in [0.4, 0.5) is 0 Å². The van der Waals surface area contributed by atoms with Gasteiger partial charge in [-0.1, -0.05) is 11.6 Å². The van der Waals surface area contributed by atoms with Gasteiger partial charge in [-0.05, 0) is 6.07 Å². The van der Waals surface area contributed by atoms with Crippen LogP contribution in [0.15, 0.2) is 18.6 Å². The molecule has 6 nitrogen and oxygen atoms in total. The van der Waals surface area contributed by atoms with Crippen LogP contribution in [0.5, 0.6) is 0 Å². The summed E-state index contributed by atoms with van der Waals surface area (Å²) in [6, 6.07) is 1.77. The van der Waals surface area contributed by atoms with E-state index in [-0.39, 0.29) is 6.61 Å². The summed E-state index contributed by atoms with van der Waals surface area (Å²) in [5.41, 5.74) is 0.599. The second-order valence-electron chi connectivity index (χ2n) is 4.35. The number of hydrogen-bond donors (Lipinski definition) is 3. The van der Waals surface area contributed by atoms with Gasteiger partial charge in [-0.3, -0.25) is 0 Å². The molecule has 0 aromatic carbocycles. The van der Waals surface area contributed by atoms with Crippen molar-refractivity contribution in [3.8, 4) is 0 Å². The van der Waals surface area contributed by atoms with Gasteiger partial charge >= 0.3 is 0 Å². The van der Waals surface area contributed by atoms with Crippen LogP contribution in [0.3, 0.4) is 0 Å². The molecule has 0 amide bonds. The summed E-state index contributed by atoms with van der Waals surface area (Å²) in [6.45, 7) is -0.186. The van der Waals surface area contributed by atoms with Crippen LogP contribution in [0, 0.1) is 0 Å². The quantitative estimate of drug-likeness (QED) is 0.696. The molecule has 0 radical (unpaired) electrons. The van der Waals surface area contributed by atoms with E-state index in [0.29, 0.717) is 16.2 Å². The number of halogens is 1. The third-order valence-electron chi connectivity index (χ3n) is 3.25. The van der Waals surface area contributed by atoms with Gasteiger partial charge in [-0.2, -0.15) is 0 Å². The lowest BCUT2D eigenvalue weighted by Gasteiger charge is -2.17. The Kier molecular flexibility index (Phi) is 3.40. The largest absolute Gasteiger partial charge is 0.395 e. The molecular weight excluding hydrogens is 290 g/mol. The minimum Gasteiger partial charge on any atom is -0.395 e. The zero-order valence-electron chi connectivity index (χ0n) is 9.72. The zero-order valence-corrected chi connectivity index (χ0v) is 11.3. The van der Waals surface area contributed by atoms with Crippen LogP contribution >= 0.6 is 23.4 Å². The maximum atomic E-state index is 10.1. The molecule has 1 fully saturated rings. The molecule has 0 unspecified atom stereocenters. The van der Waals surface area contributed by atoms with E-state index < -0.39 is 22.8 Å². The minimum absolute atomic E-state index is 0.186. The van der Waals surface area contributed by atoms with E-state index in [0.717, 1.165) is 0 Å². The predicted octanol–water partition coefficient (Wildman–Crippen LogP) is 0.413. The average Bonchev–Trinajstić information content (AvgIpc) is 2.94. The second-order valence-corrected chi connectivity index (χ2v) is 6.07. The molecule has 1 saturated heterocycles. The van der Waals surface area contributed by atoms with Gasteiger partial charge in [0, 0.05) is 6.20 Å². The molecule has 3 rings (SSSR count). The Bertz CT molecular complexity index is 608. The highest BCUT2D eigenvalue weighted by Crippen LogP contribution is 2.43. The summed E-state index contributed by atoms with van der Waals surface area (Å²) >= 11 is 7.29. The lowest BCUT2D eigenvalue weighted by molar-refractivity contribution is 0.0113. The first kappa shape index (κ1) is 13.1. The van der Waals surface area contributed by atoms with Gasteiger partial charge in [-0.15, -0.1) is 11.8 Å². The molecule has 1 aliphatic rings. The lowest BCUT2D eigenvalue weighted by Crippen LogP contribution is -2.32. The molecule has 1 aliphatic heterocycles. The number of thioether (sulfide) groups is 1. The number of nitrogens with zero attached hydrogens (tertiary/aromatic N) is 3. The van der Waals surface area contributed by atoms with E-state index in [2.05, 4.69) is 9.97 Å². The van der Waals surface area contributed by atoms with Crippen molar-refractivity contribution < 1.29 is 15.3 Å². The molecule has 19 heavy (non-hydrogen) atoms. The van der Waals surface area contributed by atoms with Crippen molar-refractivity contribution in [2.45, 2.75) is 22.8 Å². The maximum Gasteiger partial charge on any atom is 0.145 e. The Balaban J connectivity index is 2.04. The fourth-order valence-corrected chi connectivity index (χ4v) is 3.84. The van der Waals surface area contributed by atoms with Crippen molar-refractivity contribution in [1.82, 2.24) is 14.5 Å². The van der Waals surface area contributed by atoms with Crippen molar-refractivity contribution in [2.24, 2.45) is 0 Å². The number of aliphatic hydroxyl groups is 3. The Morgan fingerprint density at radius 3 is 2.79 bits per heavy atom. The molecule has 3 heterocycles. The SMILES string of the molecule is OC[C@H]1S[C@@H](n2ccc3c(Cl)ncnc32)[C@H](O)[C@@H]1O. The van der Waals surface area contributed by atoms with Crippen LogP contribution in [0.1, 0.15) is 5.37 Å². The minimum atomic E-state index is -0.966. The molecule has 2 aromatic rings. The van der Waals surface area contributed by atoms with Crippen LogP contribution in [0.25, 0.3) is 11.0 Å². The average molecular weight is 302 g/mol. The number of fused-ring (bicyclic) bond motifs is 1. The molecule has 102 valence electrons. The molecule has 8 heteroatoms. The van der Waals surface area contributed by atoms with Crippen molar-refractivity contribution in [3.63, 3.8) is 0 Å². The lowest BCUT2D eigenvalue weighted by atomic mass is 10.1. The summed E-state index contributed by atoms with van der Waals surface area (Å²) in [7, 11) is 0. The number of aliphatic hydroxyl groups excluding tert-OH is 3. The first-order chi connectivity index (χ1) is 9.13. The van der Waals surface area contributed by atoms with Crippen molar-refractivity contribution in [3.05, 3.63) is 23.7 Å². The van der Waals surface area contributed by atoms with Gasteiger partial charge < -0.3 is 19.9 Å². The maximum absolute atomic E-state index is 10.1. The third kappa shape index (κ3) is 2.02. The highest BCUT2D eigenvalue weighted by atomic mass is 35.5. The van der Waals surface area contributed by atoms with Crippen LogP contribution in [-0.4, -0.2) is 53.9 Å². The fraction of sp³-hybridized carbons (Fsp3) is 0.455. The molecule has 2 aromatic heterocycles. The van der Waals surface area contributed by atoms with Crippen LogP contribution < -0.4 is 0 Å². The van der Waals surface area contributed by atoms with E-state index in [4.69, 9.17) is 11.6 Å². The molecule has 0 saturated carbocycles. The van der Waals surface area contributed by atoms with Gasteiger partial charge in [0.1, 0.15) is 28.6 Å². The summed E-state index contributed by atoms with van der Waals surface area (Å²) in [5.74, 6) is 0. The molecule has 3 N–H and O–H groups in total. The standard InChI is InChI=1S/C11H12ClN3O3S/c12-9-5-1-2-15(10(5)14-4-13-9)11-8(18)7(17)6(3-16)19-11/h1-2,4,6-8,11,16-18H,3H2/t6-,7-,8-,11-/m1/s1. The van der Waals surface area contributed by atoms with Gasteiger partial charge in [0.15, 0.2) is 0 Å². The van der Waals surface area contributed by atoms with Crippen molar-refractivity contribution in [2.75, 3.05) is 6.61 Å². The van der Waals surface area contributed by atoms with Crippen molar-refractivity contribution >= 4 is 34.4 Å². The van der Waals surface area contributed by atoms with Gasteiger partial charge in [0.05, 0.1) is 23.3 Å². The van der Waals surface area contributed by atoms with Crippen LogP contribution in [0.2, 0.25) is 5.15 Å². The normalized spacial score (nSPS) is 31.2. The number of aromatic nitrogens is 3. The van der Waals surface area contributed by atoms with Gasteiger partial charge in [0.25, 0.3) is 0 Å². The summed E-state index contributed by atoms with van der Waals surface area (Å²) in [6.07, 6.45) is 1.17. The van der Waals surface area contributed by atoms with Crippen LogP contribution in [-0.2, 0) is 0 Å². The van der Waals surface area contributed by atoms with E-state index in [1.54, 1.807) is 16.8 Å². The third-order valence-corrected chi connectivity index (χ3v) is 5.12. The zero-order chi connectivity index (χ0) is 13.6. The first-order valence-electron chi connectivity index (χ1n) is 5.73. The Hall–Kier alpha value is -0.860. The monoisotopic (exact) mass is 301 g/mol.